The Morgan fingerprint density at radius 2 is 1.82 bits per heavy atom. The average molecular weight is 301 g/mol. The van der Waals surface area contributed by atoms with Gasteiger partial charge in [-0.1, -0.05) is 30.7 Å². The number of rotatable bonds is 3. The van der Waals surface area contributed by atoms with E-state index in [0.717, 1.165) is 32.1 Å². The van der Waals surface area contributed by atoms with Gasteiger partial charge in [0.1, 0.15) is 0 Å². The number of aliphatic carboxylic acids is 1. The van der Waals surface area contributed by atoms with E-state index in [0.29, 0.717) is 12.8 Å². The van der Waals surface area contributed by atoms with Crippen LogP contribution in [0.15, 0.2) is 24.3 Å². The van der Waals surface area contributed by atoms with Gasteiger partial charge in [-0.2, -0.15) is 0 Å². The SMILES string of the molecule is O=C(O)C1CCCC(C(=O)NC2CCCc3ccccc32)C1. The van der Waals surface area contributed by atoms with Gasteiger partial charge in [0.05, 0.1) is 12.0 Å². The van der Waals surface area contributed by atoms with Crippen LogP contribution in [0.4, 0.5) is 0 Å². The molecule has 0 radical (unpaired) electrons. The second-order valence-electron chi connectivity index (χ2n) is 6.55. The standard InChI is InChI=1S/C18H23NO3/c20-17(13-7-3-8-14(11-13)18(21)22)19-16-10-4-6-12-5-1-2-9-15(12)16/h1-2,5,9,13-14,16H,3-4,6-8,10-11H2,(H,19,20)(H,21,22). The van der Waals surface area contributed by atoms with Crippen molar-refractivity contribution < 1.29 is 14.7 Å². The van der Waals surface area contributed by atoms with Crippen molar-refractivity contribution in [3.63, 3.8) is 0 Å². The molecule has 0 aromatic heterocycles. The number of hydrogen-bond acceptors (Lipinski definition) is 2. The van der Waals surface area contributed by atoms with Gasteiger partial charge in [0.25, 0.3) is 0 Å². The molecule has 1 saturated carbocycles. The number of carboxylic acids is 1. The fourth-order valence-electron chi connectivity index (χ4n) is 3.85. The lowest BCUT2D eigenvalue weighted by atomic mass is 9.80. The minimum atomic E-state index is -0.763. The minimum Gasteiger partial charge on any atom is -0.481 e. The normalized spacial score (nSPS) is 27.7. The lowest BCUT2D eigenvalue weighted by Gasteiger charge is -2.30. The van der Waals surface area contributed by atoms with Crippen LogP contribution in [0.3, 0.4) is 0 Å². The highest BCUT2D eigenvalue weighted by atomic mass is 16.4. The number of benzene rings is 1. The summed E-state index contributed by atoms with van der Waals surface area (Å²) in [5, 5.41) is 12.3. The molecule has 0 bridgehead atoms. The molecule has 4 nitrogen and oxygen atoms in total. The molecule has 2 aliphatic carbocycles. The van der Waals surface area contributed by atoms with E-state index in [4.69, 9.17) is 5.11 Å². The van der Waals surface area contributed by atoms with Crippen molar-refractivity contribution in [3.8, 4) is 0 Å². The summed E-state index contributed by atoms with van der Waals surface area (Å²) in [6.45, 7) is 0. The van der Waals surface area contributed by atoms with Crippen LogP contribution in [-0.4, -0.2) is 17.0 Å². The first-order valence-electron chi connectivity index (χ1n) is 8.26. The van der Waals surface area contributed by atoms with Crippen LogP contribution in [-0.2, 0) is 16.0 Å². The molecule has 2 N–H and O–H groups in total. The summed E-state index contributed by atoms with van der Waals surface area (Å²) in [6.07, 6.45) is 5.95. The molecule has 0 spiro atoms. The van der Waals surface area contributed by atoms with Crippen LogP contribution in [0.1, 0.15) is 55.7 Å². The Kier molecular flexibility index (Phi) is 4.46. The number of carboxylic acid groups (broad SMARTS) is 1. The van der Waals surface area contributed by atoms with Gasteiger partial charge in [0, 0.05) is 5.92 Å². The van der Waals surface area contributed by atoms with E-state index in [1.54, 1.807) is 0 Å². The van der Waals surface area contributed by atoms with Crippen LogP contribution < -0.4 is 5.32 Å². The Hall–Kier alpha value is -1.84. The number of hydrogen-bond donors (Lipinski definition) is 2. The number of nitrogens with one attached hydrogen (secondary N) is 1. The molecular weight excluding hydrogens is 278 g/mol. The fraction of sp³-hybridized carbons (Fsp3) is 0.556. The van der Waals surface area contributed by atoms with Gasteiger partial charge in [-0.05, 0) is 49.7 Å². The zero-order valence-corrected chi connectivity index (χ0v) is 12.8. The summed E-state index contributed by atoms with van der Waals surface area (Å²) in [4.78, 5) is 23.7. The molecule has 3 atom stereocenters. The van der Waals surface area contributed by atoms with Gasteiger partial charge in [-0.3, -0.25) is 9.59 Å². The number of carbonyl (C=O) groups excluding carboxylic acids is 1. The molecule has 0 aliphatic heterocycles. The molecule has 1 aromatic rings. The van der Waals surface area contributed by atoms with Gasteiger partial charge >= 0.3 is 5.97 Å². The Balaban J connectivity index is 1.66. The van der Waals surface area contributed by atoms with E-state index in [1.165, 1.54) is 11.1 Å². The first-order chi connectivity index (χ1) is 10.6. The molecule has 22 heavy (non-hydrogen) atoms. The summed E-state index contributed by atoms with van der Waals surface area (Å²) >= 11 is 0. The van der Waals surface area contributed by atoms with E-state index < -0.39 is 5.97 Å². The third-order valence-electron chi connectivity index (χ3n) is 5.08. The molecule has 118 valence electrons. The molecule has 0 heterocycles. The highest BCUT2D eigenvalue weighted by Gasteiger charge is 2.32. The maximum absolute atomic E-state index is 12.5. The predicted octanol–water partition coefficient (Wildman–Crippen LogP) is 3.07. The van der Waals surface area contributed by atoms with Gasteiger partial charge in [-0.25, -0.2) is 0 Å². The second-order valence-corrected chi connectivity index (χ2v) is 6.55. The smallest absolute Gasteiger partial charge is 0.306 e. The lowest BCUT2D eigenvalue weighted by molar-refractivity contribution is -0.144. The molecule has 4 heteroatoms. The highest BCUT2D eigenvalue weighted by molar-refractivity contribution is 5.80. The van der Waals surface area contributed by atoms with Crippen molar-refractivity contribution in [2.45, 2.75) is 51.0 Å². The Morgan fingerprint density at radius 3 is 2.64 bits per heavy atom. The monoisotopic (exact) mass is 301 g/mol. The summed E-state index contributed by atoms with van der Waals surface area (Å²) < 4.78 is 0. The minimum absolute atomic E-state index is 0.0349. The topological polar surface area (TPSA) is 66.4 Å². The fourth-order valence-corrected chi connectivity index (χ4v) is 3.85. The molecule has 3 rings (SSSR count). The van der Waals surface area contributed by atoms with Crippen LogP contribution in [0.25, 0.3) is 0 Å². The van der Waals surface area contributed by atoms with Crippen molar-refractivity contribution in [2.24, 2.45) is 11.8 Å². The van der Waals surface area contributed by atoms with E-state index in [1.807, 2.05) is 12.1 Å². The van der Waals surface area contributed by atoms with Crippen molar-refractivity contribution in [2.75, 3.05) is 0 Å². The van der Waals surface area contributed by atoms with Crippen LogP contribution in [0.5, 0.6) is 0 Å². The molecular formula is C18H23NO3. The van der Waals surface area contributed by atoms with Gasteiger partial charge in [0.2, 0.25) is 5.91 Å². The largest absolute Gasteiger partial charge is 0.481 e. The number of aryl methyl sites for hydroxylation is 1. The first-order valence-corrected chi connectivity index (χ1v) is 8.26. The predicted molar refractivity (Wildman–Crippen MR) is 83.3 cm³/mol. The third kappa shape index (κ3) is 3.16. The van der Waals surface area contributed by atoms with Gasteiger partial charge < -0.3 is 10.4 Å². The van der Waals surface area contributed by atoms with Crippen molar-refractivity contribution in [1.82, 2.24) is 5.32 Å². The van der Waals surface area contributed by atoms with E-state index in [9.17, 15) is 9.59 Å². The highest BCUT2D eigenvalue weighted by Crippen LogP contribution is 2.32. The summed E-state index contributed by atoms with van der Waals surface area (Å²) in [6, 6.07) is 8.38. The summed E-state index contributed by atoms with van der Waals surface area (Å²) in [5.41, 5.74) is 2.55. The molecule has 1 fully saturated rings. The van der Waals surface area contributed by atoms with Gasteiger partial charge in [0.15, 0.2) is 0 Å². The first kappa shape index (κ1) is 15.1. The molecule has 0 saturated heterocycles. The summed E-state index contributed by atoms with van der Waals surface area (Å²) in [7, 11) is 0. The zero-order valence-electron chi connectivity index (χ0n) is 12.8. The van der Waals surface area contributed by atoms with Crippen molar-refractivity contribution in [3.05, 3.63) is 35.4 Å². The van der Waals surface area contributed by atoms with Crippen LogP contribution >= 0.6 is 0 Å². The van der Waals surface area contributed by atoms with Crippen molar-refractivity contribution in [1.29, 1.82) is 0 Å². The maximum Gasteiger partial charge on any atom is 0.306 e. The van der Waals surface area contributed by atoms with Crippen molar-refractivity contribution >= 4 is 11.9 Å². The zero-order chi connectivity index (χ0) is 15.5. The Morgan fingerprint density at radius 1 is 1.05 bits per heavy atom. The molecule has 1 aromatic carbocycles. The quantitative estimate of drug-likeness (QED) is 0.901. The van der Waals surface area contributed by atoms with Crippen LogP contribution in [0.2, 0.25) is 0 Å². The van der Waals surface area contributed by atoms with E-state index in [2.05, 4.69) is 17.4 Å². The van der Waals surface area contributed by atoms with E-state index in [-0.39, 0.29) is 23.8 Å². The Labute approximate surface area is 130 Å². The van der Waals surface area contributed by atoms with E-state index >= 15 is 0 Å². The maximum atomic E-state index is 12.5. The van der Waals surface area contributed by atoms with Crippen LogP contribution in [0, 0.1) is 11.8 Å². The second kappa shape index (κ2) is 6.51. The number of fused-ring (bicyclic) bond motifs is 1. The molecule has 3 unspecified atom stereocenters. The number of carbonyl (C=O) groups is 2. The third-order valence-corrected chi connectivity index (χ3v) is 5.08. The average Bonchev–Trinajstić information content (AvgIpc) is 2.55. The molecule has 2 aliphatic rings. The lowest BCUT2D eigenvalue weighted by Crippen LogP contribution is -2.38. The van der Waals surface area contributed by atoms with Gasteiger partial charge in [-0.15, -0.1) is 0 Å². The Bertz CT molecular complexity index is 569. The molecule has 1 amide bonds. The summed E-state index contributed by atoms with van der Waals surface area (Å²) in [5.74, 6) is -1.24. The number of amides is 1.